The molecule has 1 aliphatic heterocycles. The van der Waals surface area contributed by atoms with E-state index in [0.29, 0.717) is 23.1 Å². The fourth-order valence-electron chi connectivity index (χ4n) is 3.91. The molecule has 1 saturated carbocycles. The van der Waals surface area contributed by atoms with Crippen molar-refractivity contribution in [3.63, 3.8) is 0 Å². The second-order valence-electron chi connectivity index (χ2n) is 9.76. The Morgan fingerprint density at radius 1 is 1.21 bits per heavy atom. The molecule has 0 spiro atoms. The van der Waals surface area contributed by atoms with Gasteiger partial charge in [-0.05, 0) is 60.5 Å². The number of allylic oxidation sites excluding steroid dienone is 2. The summed E-state index contributed by atoms with van der Waals surface area (Å²) in [5.74, 6) is -1.75. The van der Waals surface area contributed by atoms with Gasteiger partial charge in [-0.2, -0.15) is 0 Å². The monoisotopic (exact) mass is 466 g/mol. The number of esters is 2. The summed E-state index contributed by atoms with van der Waals surface area (Å²) >= 11 is 0. The Bertz CT molecular complexity index is 836. The van der Waals surface area contributed by atoms with Gasteiger partial charge in [0.25, 0.3) is 0 Å². The number of hydrogen-bond donors (Lipinski definition) is 3. The van der Waals surface area contributed by atoms with Gasteiger partial charge in [0.1, 0.15) is 23.9 Å². The molecule has 2 aliphatic rings. The Morgan fingerprint density at radius 3 is 2.27 bits per heavy atom. The van der Waals surface area contributed by atoms with Gasteiger partial charge in [0, 0.05) is 23.5 Å². The summed E-state index contributed by atoms with van der Waals surface area (Å²) in [5, 5.41) is 31.7. The lowest BCUT2D eigenvalue weighted by atomic mass is 9.73. The Kier molecular flexibility index (Phi) is 8.33. The summed E-state index contributed by atoms with van der Waals surface area (Å²) in [6.07, 6.45) is -1.07. The molecule has 0 bridgehead atoms. The van der Waals surface area contributed by atoms with E-state index in [9.17, 15) is 24.9 Å². The predicted octanol–water partition coefficient (Wildman–Crippen LogP) is 2.36. The molecular formula is C25H38O8. The number of rotatable bonds is 9. The highest BCUT2D eigenvalue weighted by molar-refractivity contribution is 5.88. The molecular weight excluding hydrogens is 428 g/mol. The SMILES string of the molecule is C=C(C(CC(O)C(C)(C)O)OC(=O)/C(C)=C\C)[C@H]1C[C@H]2O[C@@]2(C)[C@@H](O)[C@H]1OC(=O)/C(C)=C\C. The first-order valence-corrected chi connectivity index (χ1v) is 11.3. The maximum absolute atomic E-state index is 12.5. The van der Waals surface area contributed by atoms with E-state index in [1.165, 1.54) is 13.8 Å². The van der Waals surface area contributed by atoms with Crippen LogP contribution in [0.3, 0.4) is 0 Å². The fraction of sp³-hybridized carbons (Fsp3) is 0.680. The van der Waals surface area contributed by atoms with Gasteiger partial charge in [-0.1, -0.05) is 18.7 Å². The summed E-state index contributed by atoms with van der Waals surface area (Å²) < 4.78 is 17.1. The molecule has 2 rings (SSSR count). The molecule has 186 valence electrons. The topological polar surface area (TPSA) is 126 Å². The number of aliphatic hydroxyl groups excluding tert-OH is 2. The Morgan fingerprint density at radius 2 is 1.76 bits per heavy atom. The number of carbonyl (C=O) groups excluding carboxylic acids is 2. The van der Waals surface area contributed by atoms with Crippen molar-refractivity contribution in [1.29, 1.82) is 0 Å². The van der Waals surface area contributed by atoms with Crippen LogP contribution in [0.4, 0.5) is 0 Å². The summed E-state index contributed by atoms with van der Waals surface area (Å²) in [5.41, 5.74) is -1.13. The van der Waals surface area contributed by atoms with Crippen LogP contribution in [0.5, 0.6) is 0 Å². The minimum atomic E-state index is -1.44. The van der Waals surface area contributed by atoms with Gasteiger partial charge >= 0.3 is 11.9 Å². The van der Waals surface area contributed by atoms with Crippen LogP contribution in [0, 0.1) is 5.92 Å². The number of aliphatic hydroxyl groups is 3. The zero-order chi connectivity index (χ0) is 25.3. The van der Waals surface area contributed by atoms with E-state index in [1.54, 1.807) is 46.8 Å². The van der Waals surface area contributed by atoms with E-state index >= 15 is 0 Å². The molecule has 33 heavy (non-hydrogen) atoms. The third-order valence-electron chi connectivity index (χ3n) is 6.89. The molecule has 0 aromatic heterocycles. The third-order valence-corrected chi connectivity index (χ3v) is 6.89. The van der Waals surface area contributed by atoms with Crippen molar-refractivity contribution in [2.45, 2.75) is 103 Å². The van der Waals surface area contributed by atoms with Gasteiger partial charge in [-0.25, -0.2) is 9.59 Å². The normalized spacial score (nSPS) is 31.8. The van der Waals surface area contributed by atoms with Crippen molar-refractivity contribution < 1.29 is 39.1 Å². The van der Waals surface area contributed by atoms with Crippen LogP contribution >= 0.6 is 0 Å². The van der Waals surface area contributed by atoms with E-state index in [2.05, 4.69) is 6.58 Å². The zero-order valence-corrected chi connectivity index (χ0v) is 20.6. The van der Waals surface area contributed by atoms with E-state index in [0.717, 1.165) is 0 Å². The Labute approximate surface area is 195 Å². The fourth-order valence-corrected chi connectivity index (χ4v) is 3.91. The average molecular weight is 467 g/mol. The largest absolute Gasteiger partial charge is 0.456 e. The maximum atomic E-state index is 12.5. The van der Waals surface area contributed by atoms with Gasteiger partial charge in [-0.15, -0.1) is 0 Å². The lowest BCUT2D eigenvalue weighted by Crippen LogP contribution is -2.52. The molecule has 2 fully saturated rings. The molecule has 0 amide bonds. The van der Waals surface area contributed by atoms with Gasteiger partial charge < -0.3 is 29.5 Å². The van der Waals surface area contributed by atoms with Crippen molar-refractivity contribution in [2.24, 2.45) is 5.92 Å². The molecule has 1 aliphatic carbocycles. The Hall–Kier alpha value is -2.00. The van der Waals surface area contributed by atoms with Crippen molar-refractivity contribution in [3.8, 4) is 0 Å². The standard InChI is InChI=1S/C25H38O8/c1-9-13(3)22(28)31-17(12-18(26)24(6,7)30)15(5)16-11-19-25(8,33-19)21(27)20(16)32-23(29)14(4)10-2/h9-10,16-21,26-27,30H,5,11-12H2,1-4,6-8H3/b13-9-,14-10-/t16-,17?,18?,19-,20+,21+,25-/m1/s1. The van der Waals surface area contributed by atoms with E-state index in [4.69, 9.17) is 14.2 Å². The van der Waals surface area contributed by atoms with Crippen molar-refractivity contribution in [1.82, 2.24) is 0 Å². The molecule has 8 heteroatoms. The predicted molar refractivity (Wildman–Crippen MR) is 122 cm³/mol. The molecule has 1 saturated heterocycles. The van der Waals surface area contributed by atoms with E-state index < -0.39 is 53.5 Å². The molecule has 0 aromatic carbocycles. The number of carbonyl (C=O) groups is 2. The number of epoxide rings is 1. The summed E-state index contributed by atoms with van der Waals surface area (Å²) in [6.45, 7) is 15.4. The van der Waals surface area contributed by atoms with Crippen LogP contribution < -0.4 is 0 Å². The highest BCUT2D eigenvalue weighted by Gasteiger charge is 2.66. The average Bonchev–Trinajstić information content (AvgIpc) is 3.43. The highest BCUT2D eigenvalue weighted by Crippen LogP contribution is 2.52. The Balaban J connectivity index is 2.37. The number of ether oxygens (including phenoxy) is 3. The number of hydrogen-bond acceptors (Lipinski definition) is 8. The molecule has 8 nitrogen and oxygen atoms in total. The van der Waals surface area contributed by atoms with Crippen LogP contribution in [0.15, 0.2) is 35.5 Å². The van der Waals surface area contributed by atoms with Crippen molar-refractivity contribution in [3.05, 3.63) is 35.5 Å². The maximum Gasteiger partial charge on any atom is 0.333 e. The van der Waals surface area contributed by atoms with Crippen LogP contribution in [0.25, 0.3) is 0 Å². The third kappa shape index (κ3) is 5.93. The molecule has 7 atom stereocenters. The quantitative estimate of drug-likeness (QED) is 0.205. The lowest BCUT2D eigenvalue weighted by Gasteiger charge is -2.39. The van der Waals surface area contributed by atoms with Crippen LogP contribution in [-0.2, 0) is 23.8 Å². The molecule has 1 heterocycles. The minimum Gasteiger partial charge on any atom is -0.456 e. The van der Waals surface area contributed by atoms with E-state index in [1.807, 2.05) is 0 Å². The first-order valence-electron chi connectivity index (χ1n) is 11.3. The lowest BCUT2D eigenvalue weighted by molar-refractivity contribution is -0.160. The second-order valence-corrected chi connectivity index (χ2v) is 9.76. The summed E-state index contributed by atoms with van der Waals surface area (Å²) in [4.78, 5) is 25.1. The zero-order valence-electron chi connectivity index (χ0n) is 20.6. The van der Waals surface area contributed by atoms with E-state index in [-0.39, 0.29) is 12.5 Å². The van der Waals surface area contributed by atoms with Gasteiger partial charge in [0.2, 0.25) is 0 Å². The van der Waals surface area contributed by atoms with Crippen LogP contribution in [0.1, 0.15) is 61.3 Å². The summed E-state index contributed by atoms with van der Waals surface area (Å²) in [7, 11) is 0. The first-order chi connectivity index (χ1) is 15.2. The highest BCUT2D eigenvalue weighted by atomic mass is 16.6. The van der Waals surface area contributed by atoms with Crippen molar-refractivity contribution in [2.75, 3.05) is 0 Å². The molecule has 2 unspecified atom stereocenters. The van der Waals surface area contributed by atoms with Crippen molar-refractivity contribution >= 4 is 11.9 Å². The summed E-state index contributed by atoms with van der Waals surface area (Å²) in [6, 6.07) is 0. The molecule has 3 N–H and O–H groups in total. The number of fused-ring (bicyclic) bond motifs is 1. The van der Waals surface area contributed by atoms with Gasteiger partial charge in [0.05, 0.1) is 17.8 Å². The molecule has 0 aromatic rings. The van der Waals surface area contributed by atoms with Crippen LogP contribution in [0.2, 0.25) is 0 Å². The molecule has 0 radical (unpaired) electrons. The first kappa shape index (κ1) is 27.2. The second kappa shape index (κ2) is 10.1. The minimum absolute atomic E-state index is 0.116. The van der Waals surface area contributed by atoms with Crippen LogP contribution in [-0.4, -0.2) is 69.0 Å². The van der Waals surface area contributed by atoms with Gasteiger partial charge in [-0.3, -0.25) is 0 Å². The smallest absolute Gasteiger partial charge is 0.333 e. The van der Waals surface area contributed by atoms with Gasteiger partial charge in [0.15, 0.2) is 0 Å².